The van der Waals surface area contributed by atoms with E-state index in [1.165, 1.54) is 11.3 Å². The molecule has 13 heavy (non-hydrogen) atoms. The lowest BCUT2D eigenvalue weighted by atomic mass is 10.1. The van der Waals surface area contributed by atoms with Crippen molar-refractivity contribution in [3.05, 3.63) is 29.8 Å². The van der Waals surface area contributed by atoms with E-state index in [0.717, 1.165) is 19.5 Å². The van der Waals surface area contributed by atoms with Gasteiger partial charge in [-0.05, 0) is 24.1 Å². The molecule has 0 bridgehead atoms. The molecule has 0 aliphatic carbocycles. The lowest BCUT2D eigenvalue weighted by Crippen LogP contribution is -2.17. The minimum Gasteiger partial charge on any atom is -0.331 e. The normalized spacial score (nSPS) is 15.3. The molecule has 0 N–H and O–H groups in total. The molecule has 2 heteroatoms. The van der Waals surface area contributed by atoms with Crippen molar-refractivity contribution < 1.29 is 0 Å². The highest BCUT2D eigenvalue weighted by Gasteiger charge is 2.06. The van der Waals surface area contributed by atoms with Crippen molar-refractivity contribution >= 4 is 12.0 Å². The zero-order valence-electron chi connectivity index (χ0n) is 7.90. The minimum atomic E-state index is 0.926. The zero-order valence-corrected chi connectivity index (χ0v) is 7.90. The van der Waals surface area contributed by atoms with E-state index in [9.17, 15) is 0 Å². The summed E-state index contributed by atoms with van der Waals surface area (Å²) in [6, 6.07) is 8.69. The number of hydrogen-bond acceptors (Lipinski definition) is 2. The maximum atomic E-state index is 4.18. The summed E-state index contributed by atoms with van der Waals surface area (Å²) in [5.74, 6) is 0. The fourth-order valence-electron chi connectivity index (χ4n) is 1.50. The van der Waals surface area contributed by atoms with E-state index < -0.39 is 0 Å². The van der Waals surface area contributed by atoms with E-state index in [4.69, 9.17) is 0 Å². The molecule has 0 spiro atoms. The van der Waals surface area contributed by atoms with Gasteiger partial charge in [-0.2, -0.15) is 0 Å². The Kier molecular flexibility index (Phi) is 2.30. The van der Waals surface area contributed by atoms with Gasteiger partial charge >= 0.3 is 0 Å². The molecule has 68 valence electrons. The molecule has 0 fully saturated rings. The Labute approximate surface area is 78.9 Å². The van der Waals surface area contributed by atoms with Gasteiger partial charge in [-0.1, -0.05) is 19.1 Å². The van der Waals surface area contributed by atoms with Gasteiger partial charge in [0, 0.05) is 12.2 Å². The SMILES string of the molecule is CCc1ccc(N2C=NCC2)cc1. The van der Waals surface area contributed by atoms with Crippen molar-refractivity contribution in [2.75, 3.05) is 18.0 Å². The Hall–Kier alpha value is -1.31. The highest BCUT2D eigenvalue weighted by Crippen LogP contribution is 2.15. The molecule has 1 aromatic rings. The average Bonchev–Trinajstić information content (AvgIpc) is 2.71. The number of aryl methyl sites for hydroxylation is 1. The van der Waals surface area contributed by atoms with E-state index in [1.807, 2.05) is 6.34 Å². The summed E-state index contributed by atoms with van der Waals surface area (Å²) in [5.41, 5.74) is 2.64. The third kappa shape index (κ3) is 1.72. The standard InChI is InChI=1S/C11H14N2/c1-2-10-3-5-11(6-4-10)13-8-7-12-9-13/h3-6,9H,2,7-8H2,1H3. The Morgan fingerprint density at radius 3 is 2.62 bits per heavy atom. The molecule has 0 saturated heterocycles. The maximum absolute atomic E-state index is 4.18. The Morgan fingerprint density at radius 2 is 2.08 bits per heavy atom. The molecular weight excluding hydrogens is 160 g/mol. The third-order valence-electron chi connectivity index (χ3n) is 2.37. The predicted molar refractivity (Wildman–Crippen MR) is 56.5 cm³/mol. The van der Waals surface area contributed by atoms with Gasteiger partial charge in [0.05, 0.1) is 12.9 Å². The molecule has 1 aromatic carbocycles. The van der Waals surface area contributed by atoms with Crippen LogP contribution in [-0.4, -0.2) is 19.4 Å². The van der Waals surface area contributed by atoms with Crippen molar-refractivity contribution in [3.63, 3.8) is 0 Å². The quantitative estimate of drug-likeness (QED) is 0.670. The number of hydrogen-bond donors (Lipinski definition) is 0. The molecule has 0 saturated carbocycles. The molecular formula is C11H14N2. The van der Waals surface area contributed by atoms with Crippen molar-refractivity contribution in [3.8, 4) is 0 Å². The Bertz CT molecular complexity index is 300. The summed E-state index contributed by atoms with van der Waals surface area (Å²) in [5, 5.41) is 0. The summed E-state index contributed by atoms with van der Waals surface area (Å²) >= 11 is 0. The number of aliphatic imine (C=N–C) groups is 1. The number of anilines is 1. The topological polar surface area (TPSA) is 15.6 Å². The maximum Gasteiger partial charge on any atom is 0.0895 e. The third-order valence-corrected chi connectivity index (χ3v) is 2.37. The highest BCUT2D eigenvalue weighted by molar-refractivity contribution is 5.80. The average molecular weight is 174 g/mol. The van der Waals surface area contributed by atoms with E-state index in [1.54, 1.807) is 0 Å². The molecule has 2 nitrogen and oxygen atoms in total. The molecule has 0 atom stereocenters. The van der Waals surface area contributed by atoms with E-state index >= 15 is 0 Å². The van der Waals surface area contributed by atoms with Crippen LogP contribution in [0.2, 0.25) is 0 Å². The number of benzene rings is 1. The molecule has 1 aliphatic rings. The van der Waals surface area contributed by atoms with Crippen LogP contribution in [0.25, 0.3) is 0 Å². The van der Waals surface area contributed by atoms with Gasteiger partial charge in [0.2, 0.25) is 0 Å². The van der Waals surface area contributed by atoms with Crippen LogP contribution in [0.4, 0.5) is 5.69 Å². The second-order valence-electron chi connectivity index (χ2n) is 3.24. The summed E-state index contributed by atoms with van der Waals surface area (Å²) in [7, 11) is 0. The number of nitrogens with zero attached hydrogens (tertiary/aromatic N) is 2. The highest BCUT2D eigenvalue weighted by atomic mass is 15.2. The fraction of sp³-hybridized carbons (Fsp3) is 0.364. The van der Waals surface area contributed by atoms with Gasteiger partial charge in [-0.3, -0.25) is 4.99 Å². The molecule has 1 heterocycles. The summed E-state index contributed by atoms with van der Waals surface area (Å²) in [6.07, 6.45) is 3.02. The van der Waals surface area contributed by atoms with Gasteiger partial charge in [0.25, 0.3) is 0 Å². The lowest BCUT2D eigenvalue weighted by Gasteiger charge is -2.13. The molecule has 2 rings (SSSR count). The van der Waals surface area contributed by atoms with Crippen LogP contribution in [0.3, 0.4) is 0 Å². The second-order valence-corrected chi connectivity index (χ2v) is 3.24. The molecule has 0 amide bonds. The van der Waals surface area contributed by atoms with E-state index in [2.05, 4.69) is 41.1 Å². The minimum absolute atomic E-state index is 0.926. The largest absolute Gasteiger partial charge is 0.331 e. The van der Waals surface area contributed by atoms with Gasteiger partial charge in [0.1, 0.15) is 0 Å². The fourth-order valence-corrected chi connectivity index (χ4v) is 1.50. The van der Waals surface area contributed by atoms with Gasteiger partial charge in [-0.25, -0.2) is 0 Å². The predicted octanol–water partition coefficient (Wildman–Crippen LogP) is 2.10. The van der Waals surface area contributed by atoms with Crippen LogP contribution in [0.5, 0.6) is 0 Å². The first kappa shape index (κ1) is 8.30. The van der Waals surface area contributed by atoms with Crippen LogP contribution in [0.1, 0.15) is 12.5 Å². The van der Waals surface area contributed by atoms with Crippen LogP contribution in [0, 0.1) is 0 Å². The van der Waals surface area contributed by atoms with Crippen molar-refractivity contribution in [1.82, 2.24) is 0 Å². The van der Waals surface area contributed by atoms with Crippen LogP contribution in [0.15, 0.2) is 29.3 Å². The van der Waals surface area contributed by atoms with Crippen molar-refractivity contribution in [2.24, 2.45) is 4.99 Å². The summed E-state index contributed by atoms with van der Waals surface area (Å²) in [4.78, 5) is 6.36. The monoisotopic (exact) mass is 174 g/mol. The smallest absolute Gasteiger partial charge is 0.0895 e. The van der Waals surface area contributed by atoms with Gasteiger partial charge < -0.3 is 4.90 Å². The van der Waals surface area contributed by atoms with Crippen LogP contribution in [-0.2, 0) is 6.42 Å². The van der Waals surface area contributed by atoms with Crippen molar-refractivity contribution in [2.45, 2.75) is 13.3 Å². The number of rotatable bonds is 2. The molecule has 0 unspecified atom stereocenters. The van der Waals surface area contributed by atoms with E-state index in [-0.39, 0.29) is 0 Å². The first-order chi connectivity index (χ1) is 6.40. The van der Waals surface area contributed by atoms with E-state index in [0.29, 0.717) is 0 Å². The van der Waals surface area contributed by atoms with Gasteiger partial charge in [-0.15, -0.1) is 0 Å². The summed E-state index contributed by atoms with van der Waals surface area (Å²) < 4.78 is 0. The first-order valence-electron chi connectivity index (χ1n) is 4.75. The Morgan fingerprint density at radius 1 is 1.31 bits per heavy atom. The Balaban J connectivity index is 2.17. The first-order valence-corrected chi connectivity index (χ1v) is 4.75. The molecule has 0 radical (unpaired) electrons. The lowest BCUT2D eigenvalue weighted by molar-refractivity contribution is 1.02. The second kappa shape index (κ2) is 3.60. The van der Waals surface area contributed by atoms with Crippen molar-refractivity contribution in [1.29, 1.82) is 0 Å². The van der Waals surface area contributed by atoms with Gasteiger partial charge in [0.15, 0.2) is 0 Å². The molecule has 1 aliphatic heterocycles. The summed E-state index contributed by atoms with van der Waals surface area (Å²) in [6.45, 7) is 4.12. The molecule has 0 aromatic heterocycles. The van der Waals surface area contributed by atoms with Crippen LogP contribution >= 0.6 is 0 Å². The zero-order chi connectivity index (χ0) is 9.10. The van der Waals surface area contributed by atoms with Crippen LogP contribution < -0.4 is 4.90 Å².